The molecule has 1 aliphatic heterocycles. The third-order valence-corrected chi connectivity index (χ3v) is 4.13. The second kappa shape index (κ2) is 10.6. The molecule has 2 rings (SSSR count). The Balaban J connectivity index is 1.94. The standard InChI is InChI=1S/C21H33NO5/c1-5-25-18-11-12-22(20(23)27-21(2,3)4)13-19(26-16-18)15-24-14-17-9-7-6-8-10-17/h6-10,18-19H,5,11-16H2,1-4H3/t18-,19-/m0/s1. The highest BCUT2D eigenvalue weighted by atomic mass is 16.6. The summed E-state index contributed by atoms with van der Waals surface area (Å²) in [7, 11) is 0. The highest BCUT2D eigenvalue weighted by molar-refractivity contribution is 5.68. The van der Waals surface area contributed by atoms with Crippen LogP contribution in [0.15, 0.2) is 30.3 Å². The van der Waals surface area contributed by atoms with Gasteiger partial charge in [0.25, 0.3) is 0 Å². The van der Waals surface area contributed by atoms with Gasteiger partial charge in [-0.1, -0.05) is 30.3 Å². The van der Waals surface area contributed by atoms with E-state index in [2.05, 4.69) is 0 Å². The van der Waals surface area contributed by atoms with Crippen LogP contribution in [0.5, 0.6) is 0 Å². The van der Waals surface area contributed by atoms with Gasteiger partial charge in [-0.05, 0) is 39.7 Å². The van der Waals surface area contributed by atoms with Crippen molar-refractivity contribution in [2.75, 3.05) is 32.9 Å². The molecule has 0 spiro atoms. The molecule has 6 heteroatoms. The summed E-state index contributed by atoms with van der Waals surface area (Å²) in [6.07, 6.45) is 0.155. The molecule has 1 heterocycles. The van der Waals surface area contributed by atoms with E-state index in [1.807, 2.05) is 58.0 Å². The summed E-state index contributed by atoms with van der Waals surface area (Å²) in [4.78, 5) is 14.3. The Morgan fingerprint density at radius 1 is 1.26 bits per heavy atom. The van der Waals surface area contributed by atoms with Gasteiger partial charge in [0, 0.05) is 13.2 Å². The van der Waals surface area contributed by atoms with Gasteiger partial charge < -0.3 is 23.8 Å². The molecule has 0 saturated carbocycles. The first-order valence-corrected chi connectivity index (χ1v) is 9.70. The van der Waals surface area contributed by atoms with Crippen molar-refractivity contribution in [2.24, 2.45) is 0 Å². The zero-order valence-electron chi connectivity index (χ0n) is 17.0. The molecule has 0 radical (unpaired) electrons. The van der Waals surface area contributed by atoms with Crippen LogP contribution in [0.4, 0.5) is 4.79 Å². The number of amides is 1. The monoisotopic (exact) mass is 379 g/mol. The van der Waals surface area contributed by atoms with Crippen LogP contribution in [0.3, 0.4) is 0 Å². The highest BCUT2D eigenvalue weighted by Crippen LogP contribution is 2.15. The van der Waals surface area contributed by atoms with Crippen molar-refractivity contribution in [3.8, 4) is 0 Å². The zero-order chi connectivity index (χ0) is 19.7. The van der Waals surface area contributed by atoms with E-state index in [0.717, 1.165) is 12.0 Å². The number of carbonyl (C=O) groups is 1. The molecule has 1 aromatic carbocycles. The number of benzene rings is 1. The fourth-order valence-electron chi connectivity index (χ4n) is 2.86. The molecule has 0 aromatic heterocycles. The number of rotatable bonds is 6. The van der Waals surface area contributed by atoms with Gasteiger partial charge in [0.05, 0.1) is 38.6 Å². The average molecular weight is 379 g/mol. The average Bonchev–Trinajstić information content (AvgIpc) is 2.59. The van der Waals surface area contributed by atoms with Crippen LogP contribution in [0, 0.1) is 0 Å². The molecule has 2 atom stereocenters. The third kappa shape index (κ3) is 8.28. The van der Waals surface area contributed by atoms with Crippen molar-refractivity contribution < 1.29 is 23.7 Å². The molecule has 27 heavy (non-hydrogen) atoms. The molecule has 1 amide bonds. The molecular weight excluding hydrogens is 346 g/mol. The minimum absolute atomic E-state index is 0.0307. The molecule has 0 unspecified atom stereocenters. The smallest absolute Gasteiger partial charge is 0.410 e. The largest absolute Gasteiger partial charge is 0.444 e. The quantitative estimate of drug-likeness (QED) is 0.755. The lowest BCUT2D eigenvalue weighted by molar-refractivity contribution is -0.0947. The van der Waals surface area contributed by atoms with Crippen LogP contribution >= 0.6 is 0 Å². The summed E-state index contributed by atoms with van der Waals surface area (Å²) in [5.41, 5.74) is 0.582. The van der Waals surface area contributed by atoms with E-state index in [1.54, 1.807) is 4.90 Å². The lowest BCUT2D eigenvalue weighted by atomic mass is 10.2. The molecule has 1 aromatic rings. The molecule has 1 saturated heterocycles. The van der Waals surface area contributed by atoms with Crippen LogP contribution in [-0.4, -0.2) is 61.7 Å². The summed E-state index contributed by atoms with van der Waals surface area (Å²) in [5, 5.41) is 0. The Morgan fingerprint density at radius 3 is 2.67 bits per heavy atom. The third-order valence-electron chi connectivity index (χ3n) is 4.13. The zero-order valence-corrected chi connectivity index (χ0v) is 17.0. The van der Waals surface area contributed by atoms with Crippen LogP contribution in [0.1, 0.15) is 39.7 Å². The highest BCUT2D eigenvalue weighted by Gasteiger charge is 2.28. The molecule has 0 aliphatic carbocycles. The normalized spacial score (nSPS) is 21.4. The van der Waals surface area contributed by atoms with E-state index in [1.165, 1.54) is 0 Å². The van der Waals surface area contributed by atoms with Crippen LogP contribution in [-0.2, 0) is 25.6 Å². The van der Waals surface area contributed by atoms with Crippen molar-refractivity contribution >= 4 is 6.09 Å². The molecule has 6 nitrogen and oxygen atoms in total. The number of hydrogen-bond donors (Lipinski definition) is 0. The predicted molar refractivity (Wildman–Crippen MR) is 104 cm³/mol. The van der Waals surface area contributed by atoms with Crippen LogP contribution in [0.2, 0.25) is 0 Å². The molecular formula is C21H33NO5. The molecule has 0 N–H and O–H groups in total. The molecule has 1 fully saturated rings. The molecule has 0 bridgehead atoms. The van der Waals surface area contributed by atoms with E-state index in [0.29, 0.717) is 39.5 Å². The van der Waals surface area contributed by atoms with Gasteiger partial charge in [-0.15, -0.1) is 0 Å². The van der Waals surface area contributed by atoms with Gasteiger partial charge in [-0.2, -0.15) is 0 Å². The first-order chi connectivity index (χ1) is 12.9. The fraction of sp³-hybridized carbons (Fsp3) is 0.667. The van der Waals surface area contributed by atoms with E-state index in [4.69, 9.17) is 18.9 Å². The Labute approximate surface area is 162 Å². The Hall–Kier alpha value is -1.63. The second-order valence-electron chi connectivity index (χ2n) is 7.75. The summed E-state index contributed by atoms with van der Waals surface area (Å²) in [6, 6.07) is 10.0. The SMILES string of the molecule is CCO[C@H]1CCN(C(=O)OC(C)(C)C)C[C@@H](COCc2ccccc2)OC1. The van der Waals surface area contributed by atoms with Crippen molar-refractivity contribution in [3.05, 3.63) is 35.9 Å². The van der Waals surface area contributed by atoms with Crippen LogP contribution < -0.4 is 0 Å². The Morgan fingerprint density at radius 2 is 2.00 bits per heavy atom. The van der Waals surface area contributed by atoms with Crippen LogP contribution in [0.25, 0.3) is 0 Å². The first-order valence-electron chi connectivity index (χ1n) is 9.70. The lowest BCUT2D eigenvalue weighted by Crippen LogP contribution is -2.47. The number of carbonyl (C=O) groups excluding carboxylic acids is 1. The maximum Gasteiger partial charge on any atom is 0.410 e. The topological polar surface area (TPSA) is 57.2 Å². The van der Waals surface area contributed by atoms with Gasteiger partial charge in [0.2, 0.25) is 0 Å². The van der Waals surface area contributed by atoms with Crippen molar-refractivity contribution in [1.82, 2.24) is 4.90 Å². The second-order valence-corrected chi connectivity index (χ2v) is 7.75. The van der Waals surface area contributed by atoms with E-state index < -0.39 is 5.60 Å². The van der Waals surface area contributed by atoms with E-state index in [9.17, 15) is 4.79 Å². The minimum atomic E-state index is -0.529. The maximum atomic E-state index is 12.6. The van der Waals surface area contributed by atoms with E-state index in [-0.39, 0.29) is 18.3 Å². The van der Waals surface area contributed by atoms with Gasteiger partial charge in [0.15, 0.2) is 0 Å². The fourth-order valence-corrected chi connectivity index (χ4v) is 2.86. The Bertz CT molecular complexity index is 557. The minimum Gasteiger partial charge on any atom is -0.444 e. The summed E-state index contributed by atoms with van der Waals surface area (Å²) < 4.78 is 23.1. The summed E-state index contributed by atoms with van der Waals surface area (Å²) >= 11 is 0. The van der Waals surface area contributed by atoms with Crippen molar-refractivity contribution in [3.63, 3.8) is 0 Å². The number of nitrogens with zero attached hydrogens (tertiary/aromatic N) is 1. The molecule has 152 valence electrons. The maximum absolute atomic E-state index is 12.6. The number of ether oxygens (including phenoxy) is 4. The predicted octanol–water partition coefficient (Wildman–Crippen LogP) is 3.63. The summed E-state index contributed by atoms with van der Waals surface area (Å²) in [5.74, 6) is 0. The number of hydrogen-bond acceptors (Lipinski definition) is 5. The van der Waals surface area contributed by atoms with Crippen molar-refractivity contribution in [2.45, 2.75) is 58.5 Å². The van der Waals surface area contributed by atoms with Gasteiger partial charge >= 0.3 is 6.09 Å². The van der Waals surface area contributed by atoms with E-state index >= 15 is 0 Å². The Kier molecular flexibility index (Phi) is 8.54. The first kappa shape index (κ1) is 21.7. The lowest BCUT2D eigenvalue weighted by Gasteiger charge is -2.34. The van der Waals surface area contributed by atoms with Gasteiger partial charge in [-0.3, -0.25) is 0 Å². The van der Waals surface area contributed by atoms with Gasteiger partial charge in [-0.25, -0.2) is 4.79 Å². The van der Waals surface area contributed by atoms with Gasteiger partial charge in [0.1, 0.15) is 5.60 Å². The molecule has 1 aliphatic rings. The summed E-state index contributed by atoms with van der Waals surface area (Å²) in [6.45, 7) is 10.7. The van der Waals surface area contributed by atoms with Crippen molar-refractivity contribution in [1.29, 1.82) is 0 Å².